The Morgan fingerprint density at radius 3 is 2.71 bits per heavy atom. The molecule has 1 unspecified atom stereocenters. The van der Waals surface area contributed by atoms with Gasteiger partial charge < -0.3 is 30.1 Å². The van der Waals surface area contributed by atoms with E-state index in [2.05, 4.69) is 15.3 Å². The second-order valence-electron chi connectivity index (χ2n) is 7.26. The molecule has 2 rings (SSSR count). The Labute approximate surface area is 179 Å². The molecule has 1 aliphatic rings. The van der Waals surface area contributed by atoms with Crippen LogP contribution in [-0.4, -0.2) is 65.0 Å². The lowest BCUT2D eigenvalue weighted by molar-refractivity contribution is -0.132. The van der Waals surface area contributed by atoms with Gasteiger partial charge in [0.15, 0.2) is 12.0 Å². The van der Waals surface area contributed by atoms with Crippen LogP contribution in [0.2, 0.25) is 0 Å². The number of hydrogen-bond donors (Lipinski definition) is 3. The molecule has 0 aromatic carbocycles. The third-order valence-corrected chi connectivity index (χ3v) is 4.66. The van der Waals surface area contributed by atoms with Gasteiger partial charge >= 0.3 is 11.9 Å². The van der Waals surface area contributed by atoms with Crippen LogP contribution in [0.1, 0.15) is 20.8 Å². The number of aromatic nitrogens is 2. The Morgan fingerprint density at radius 1 is 1.45 bits per heavy atom. The van der Waals surface area contributed by atoms with Crippen molar-refractivity contribution >= 4 is 23.4 Å². The number of carboxylic acid groups (broad SMARTS) is 1. The number of ether oxygens (including phenoxy) is 1. The van der Waals surface area contributed by atoms with Crippen molar-refractivity contribution in [3.05, 3.63) is 42.0 Å². The minimum atomic E-state index is -3.38. The summed E-state index contributed by atoms with van der Waals surface area (Å²) in [5.74, 6) is -3.69. The van der Waals surface area contributed by atoms with Crippen molar-refractivity contribution in [2.45, 2.75) is 39.0 Å². The molecule has 0 spiro atoms. The molecule has 0 saturated carbocycles. The van der Waals surface area contributed by atoms with E-state index >= 15 is 0 Å². The van der Waals surface area contributed by atoms with Crippen LogP contribution in [0.15, 0.2) is 42.0 Å². The van der Waals surface area contributed by atoms with Crippen molar-refractivity contribution in [1.82, 2.24) is 9.97 Å². The number of alkyl halides is 2. The maximum absolute atomic E-state index is 14.4. The van der Waals surface area contributed by atoms with Gasteiger partial charge in [0.25, 0.3) is 0 Å². The molecule has 11 heteroatoms. The summed E-state index contributed by atoms with van der Waals surface area (Å²) in [7, 11) is 2.79. The molecule has 1 aliphatic heterocycles. The van der Waals surface area contributed by atoms with Crippen LogP contribution < -0.4 is 15.1 Å². The second-order valence-corrected chi connectivity index (χ2v) is 7.26. The molecule has 1 aromatic heterocycles. The van der Waals surface area contributed by atoms with Crippen LogP contribution >= 0.6 is 0 Å². The lowest BCUT2D eigenvalue weighted by Crippen LogP contribution is -2.50. The number of carbonyl (C=O) groups is 1. The summed E-state index contributed by atoms with van der Waals surface area (Å²) < 4.78 is 33.8. The van der Waals surface area contributed by atoms with Crippen LogP contribution in [0, 0.1) is 0 Å². The number of hydrogen-bond acceptors (Lipinski definition) is 8. The van der Waals surface area contributed by atoms with E-state index in [0.717, 1.165) is 4.90 Å². The van der Waals surface area contributed by atoms with Crippen molar-refractivity contribution < 1.29 is 28.5 Å². The fraction of sp³-hybridized carbons (Fsp3) is 0.450. The number of halogens is 2. The van der Waals surface area contributed by atoms with Gasteiger partial charge in [-0.25, -0.2) is 9.78 Å². The number of fused-ring (bicyclic) bond motifs is 1. The zero-order chi connectivity index (χ0) is 23.3. The molecule has 0 aliphatic carbocycles. The number of carboxylic acids is 1. The second kappa shape index (κ2) is 9.73. The minimum Gasteiger partial charge on any atom is -0.501 e. The summed E-state index contributed by atoms with van der Waals surface area (Å²) >= 11 is 0. The molecule has 0 radical (unpaired) electrons. The smallest absolute Gasteiger partial charge is 0.335 e. The molecule has 2 heterocycles. The molecule has 0 saturated heterocycles. The molecule has 1 atom stereocenters. The summed E-state index contributed by atoms with van der Waals surface area (Å²) in [6.07, 6.45) is 4.92. The summed E-state index contributed by atoms with van der Waals surface area (Å²) in [6.45, 7) is 4.42. The molecule has 0 bridgehead atoms. The van der Waals surface area contributed by atoms with E-state index in [4.69, 9.17) is 4.74 Å². The average Bonchev–Trinajstić information content (AvgIpc) is 2.78. The summed E-state index contributed by atoms with van der Waals surface area (Å²) in [5, 5.41) is 22.1. The lowest BCUT2D eigenvalue weighted by atomic mass is 10.2. The Hall–Kier alpha value is -3.21. The molecule has 9 nitrogen and oxygen atoms in total. The Kier molecular flexibility index (Phi) is 7.55. The highest BCUT2D eigenvalue weighted by molar-refractivity contribution is 5.90. The average molecular weight is 439 g/mol. The topological polar surface area (TPSA) is 111 Å². The summed E-state index contributed by atoms with van der Waals surface area (Å²) in [5.41, 5.74) is 0.269. The first kappa shape index (κ1) is 24.1. The third kappa shape index (κ3) is 5.69. The number of rotatable bonds is 7. The van der Waals surface area contributed by atoms with Gasteiger partial charge in [-0.15, -0.1) is 0 Å². The van der Waals surface area contributed by atoms with Gasteiger partial charge in [-0.1, -0.05) is 0 Å². The molecule has 0 amide bonds. The van der Waals surface area contributed by atoms with Crippen LogP contribution in [-0.2, 0) is 9.53 Å². The van der Waals surface area contributed by atoms with Crippen molar-refractivity contribution in [2.24, 2.45) is 0 Å². The van der Waals surface area contributed by atoms with E-state index < -0.39 is 24.7 Å². The van der Waals surface area contributed by atoms with Crippen molar-refractivity contribution in [3.8, 4) is 0 Å². The molecule has 0 fully saturated rings. The van der Waals surface area contributed by atoms with Gasteiger partial charge in [0.1, 0.15) is 5.69 Å². The van der Waals surface area contributed by atoms with Crippen LogP contribution in [0.5, 0.6) is 0 Å². The van der Waals surface area contributed by atoms with Crippen LogP contribution in [0.25, 0.3) is 0 Å². The predicted molar refractivity (Wildman–Crippen MR) is 113 cm³/mol. The minimum absolute atomic E-state index is 0.00377. The van der Waals surface area contributed by atoms with E-state index in [0.29, 0.717) is 5.76 Å². The van der Waals surface area contributed by atoms with Crippen LogP contribution in [0.3, 0.4) is 0 Å². The van der Waals surface area contributed by atoms with Gasteiger partial charge in [0.05, 0.1) is 31.2 Å². The van der Waals surface area contributed by atoms with E-state index in [-0.39, 0.29) is 29.1 Å². The number of nitrogens with one attached hydrogen (secondary N) is 1. The highest BCUT2D eigenvalue weighted by Gasteiger charge is 2.47. The number of nitrogens with zero attached hydrogens (tertiary/aromatic N) is 4. The van der Waals surface area contributed by atoms with Gasteiger partial charge in [-0.05, 0) is 39.0 Å². The predicted octanol–water partition coefficient (Wildman–Crippen LogP) is 2.58. The standard InChI is InChI=1S/C20H27F2N5O4/c1-12(2)27-11-20(21,22)18(30)26(4)15-10-24-19(25-16(15)27)23-8-6-7-14(17(28)29)9-13(3)31-5/h6-10,12,18,30H,11H2,1-5H3,(H,28,29)(H,23,24,25)/b8-6+,13-9+,14-7+. The van der Waals surface area contributed by atoms with Crippen LogP contribution in [0.4, 0.5) is 26.2 Å². The fourth-order valence-electron chi connectivity index (χ4n) is 2.86. The zero-order valence-electron chi connectivity index (χ0n) is 18.0. The molecule has 31 heavy (non-hydrogen) atoms. The van der Waals surface area contributed by atoms with Crippen molar-refractivity contribution in [2.75, 3.05) is 35.8 Å². The Balaban J connectivity index is 2.31. The summed E-state index contributed by atoms with van der Waals surface area (Å²) in [4.78, 5) is 22.2. The molecular weight excluding hydrogens is 412 g/mol. The normalized spacial score (nSPS) is 19.5. The van der Waals surface area contributed by atoms with Gasteiger partial charge in [0, 0.05) is 19.3 Å². The number of allylic oxidation sites excluding steroid dienone is 3. The van der Waals surface area contributed by atoms with E-state index in [1.807, 2.05) is 0 Å². The van der Waals surface area contributed by atoms with Crippen molar-refractivity contribution in [1.29, 1.82) is 0 Å². The highest BCUT2D eigenvalue weighted by Crippen LogP contribution is 2.38. The van der Waals surface area contributed by atoms with Gasteiger partial charge in [-0.2, -0.15) is 13.8 Å². The first-order chi connectivity index (χ1) is 14.5. The zero-order valence-corrected chi connectivity index (χ0v) is 18.0. The van der Waals surface area contributed by atoms with E-state index in [9.17, 15) is 23.8 Å². The van der Waals surface area contributed by atoms with E-state index in [1.165, 1.54) is 49.7 Å². The number of aliphatic hydroxyl groups is 1. The third-order valence-electron chi connectivity index (χ3n) is 4.66. The SMILES string of the molecule is CO/C(C)=C/C(=C\C=C\Nc1ncc2c(n1)N(C(C)C)CC(F)(F)C(O)N2C)C(=O)O. The van der Waals surface area contributed by atoms with Gasteiger partial charge in [-0.3, -0.25) is 0 Å². The molecular formula is C20H27F2N5O4. The summed E-state index contributed by atoms with van der Waals surface area (Å²) in [6, 6.07) is -0.307. The Bertz CT molecular complexity index is 902. The number of methoxy groups -OCH3 is 1. The first-order valence-electron chi connectivity index (χ1n) is 9.49. The number of anilines is 3. The largest absolute Gasteiger partial charge is 0.501 e. The molecule has 170 valence electrons. The monoisotopic (exact) mass is 439 g/mol. The molecule has 1 aromatic rings. The quantitative estimate of drug-likeness (QED) is 0.335. The maximum atomic E-state index is 14.4. The number of aliphatic hydroxyl groups excluding tert-OH is 1. The lowest BCUT2D eigenvalue weighted by Gasteiger charge is -2.30. The fourth-order valence-corrected chi connectivity index (χ4v) is 2.86. The Morgan fingerprint density at radius 2 is 2.13 bits per heavy atom. The highest BCUT2D eigenvalue weighted by atomic mass is 19.3. The van der Waals surface area contributed by atoms with E-state index in [1.54, 1.807) is 20.8 Å². The molecule has 3 N–H and O–H groups in total. The first-order valence-corrected chi connectivity index (χ1v) is 9.49. The van der Waals surface area contributed by atoms with Gasteiger partial charge in [0.2, 0.25) is 5.95 Å². The maximum Gasteiger partial charge on any atom is 0.335 e. The van der Waals surface area contributed by atoms with Crippen molar-refractivity contribution in [3.63, 3.8) is 0 Å². The number of aliphatic carboxylic acids is 1.